The van der Waals surface area contributed by atoms with E-state index in [4.69, 9.17) is 0 Å². The maximum atomic E-state index is 12.7. The van der Waals surface area contributed by atoms with Crippen LogP contribution >= 0.6 is 15.9 Å². The Kier molecular flexibility index (Phi) is 5.09. The fraction of sp³-hybridized carbons (Fsp3) is 0.438. The van der Waals surface area contributed by atoms with Gasteiger partial charge in [-0.25, -0.2) is 4.79 Å². The van der Waals surface area contributed by atoms with Gasteiger partial charge in [0.05, 0.1) is 0 Å². The van der Waals surface area contributed by atoms with Gasteiger partial charge in [0, 0.05) is 11.0 Å². The molecule has 124 valence electrons. The monoisotopic (exact) mass is 381 g/mol. The first-order chi connectivity index (χ1) is 10.7. The highest BCUT2D eigenvalue weighted by Crippen LogP contribution is 2.30. The Morgan fingerprint density at radius 1 is 1.39 bits per heavy atom. The Labute approximate surface area is 143 Å². The summed E-state index contributed by atoms with van der Waals surface area (Å²) in [6, 6.07) is 6.62. The summed E-state index contributed by atoms with van der Waals surface area (Å²) in [5.74, 6) is -0.477. The van der Waals surface area contributed by atoms with Gasteiger partial charge in [-0.05, 0) is 30.5 Å². The van der Waals surface area contributed by atoms with E-state index in [9.17, 15) is 14.4 Å². The second kappa shape index (κ2) is 6.70. The highest BCUT2D eigenvalue weighted by molar-refractivity contribution is 9.10. The Morgan fingerprint density at radius 2 is 2.09 bits per heavy atom. The van der Waals surface area contributed by atoms with Gasteiger partial charge in [0.15, 0.2) is 0 Å². The number of rotatable bonds is 5. The van der Waals surface area contributed by atoms with Gasteiger partial charge in [0.1, 0.15) is 12.1 Å². The van der Waals surface area contributed by atoms with Crippen molar-refractivity contribution in [1.29, 1.82) is 0 Å². The summed E-state index contributed by atoms with van der Waals surface area (Å²) in [5, 5.41) is 5.39. The van der Waals surface area contributed by atoms with Crippen LogP contribution in [0.5, 0.6) is 0 Å². The Hall–Kier alpha value is -1.89. The van der Waals surface area contributed by atoms with Gasteiger partial charge in [-0.2, -0.15) is 0 Å². The second-order valence-corrected chi connectivity index (χ2v) is 7.07. The SMILES string of the molecule is CC(C)CNC(=O)CN1C(=O)N[C@](C)(c2cccc(Br)c2)C1=O. The lowest BCUT2D eigenvalue weighted by Gasteiger charge is -2.22. The van der Waals surface area contributed by atoms with Gasteiger partial charge in [-0.3, -0.25) is 14.5 Å². The van der Waals surface area contributed by atoms with Gasteiger partial charge in [0.2, 0.25) is 5.91 Å². The van der Waals surface area contributed by atoms with Crippen molar-refractivity contribution in [3.8, 4) is 0 Å². The molecule has 1 atom stereocenters. The Bertz CT molecular complexity index is 647. The van der Waals surface area contributed by atoms with Crippen molar-refractivity contribution >= 4 is 33.8 Å². The van der Waals surface area contributed by atoms with Crippen molar-refractivity contribution in [2.75, 3.05) is 13.1 Å². The summed E-state index contributed by atoms with van der Waals surface area (Å²) in [6.45, 7) is 5.81. The van der Waals surface area contributed by atoms with Crippen LogP contribution in [-0.4, -0.2) is 35.8 Å². The largest absolute Gasteiger partial charge is 0.354 e. The number of carbonyl (C=O) groups excluding carboxylic acids is 3. The van der Waals surface area contributed by atoms with Crippen LogP contribution in [0.3, 0.4) is 0 Å². The van der Waals surface area contributed by atoms with E-state index in [2.05, 4.69) is 26.6 Å². The van der Waals surface area contributed by atoms with Crippen molar-refractivity contribution in [2.24, 2.45) is 5.92 Å². The van der Waals surface area contributed by atoms with Crippen LogP contribution in [0.15, 0.2) is 28.7 Å². The predicted octanol–water partition coefficient (Wildman–Crippen LogP) is 1.99. The third kappa shape index (κ3) is 3.72. The van der Waals surface area contributed by atoms with Crippen molar-refractivity contribution in [3.63, 3.8) is 0 Å². The molecule has 1 aliphatic rings. The van der Waals surface area contributed by atoms with Gasteiger partial charge >= 0.3 is 6.03 Å². The van der Waals surface area contributed by atoms with Gasteiger partial charge in [-0.1, -0.05) is 41.9 Å². The van der Waals surface area contributed by atoms with Gasteiger partial charge < -0.3 is 10.6 Å². The van der Waals surface area contributed by atoms with Crippen molar-refractivity contribution in [3.05, 3.63) is 34.3 Å². The maximum Gasteiger partial charge on any atom is 0.325 e. The van der Waals surface area contributed by atoms with E-state index in [1.54, 1.807) is 25.1 Å². The standard InChI is InChI=1S/C16H20BrN3O3/c1-10(2)8-18-13(21)9-20-14(22)16(3,19-15(20)23)11-5-4-6-12(17)7-11/h4-7,10H,8-9H2,1-3H3,(H,18,21)(H,19,23)/t16-/m1/s1. The highest BCUT2D eigenvalue weighted by Gasteiger charge is 2.49. The minimum atomic E-state index is -1.17. The minimum absolute atomic E-state index is 0.277. The molecule has 0 unspecified atom stereocenters. The summed E-state index contributed by atoms with van der Waals surface area (Å²) in [7, 11) is 0. The Morgan fingerprint density at radius 3 is 2.70 bits per heavy atom. The molecule has 1 heterocycles. The number of urea groups is 1. The van der Waals surface area contributed by atoms with Crippen molar-refractivity contribution < 1.29 is 14.4 Å². The van der Waals surface area contributed by atoms with Crippen LogP contribution in [0.25, 0.3) is 0 Å². The molecular weight excluding hydrogens is 362 g/mol. The van der Waals surface area contributed by atoms with Crippen LogP contribution in [0.1, 0.15) is 26.3 Å². The summed E-state index contributed by atoms with van der Waals surface area (Å²) in [5.41, 5.74) is -0.505. The first kappa shape index (κ1) is 17.5. The van der Waals surface area contributed by atoms with Crippen LogP contribution in [0, 0.1) is 5.92 Å². The van der Waals surface area contributed by atoms with Crippen LogP contribution in [-0.2, 0) is 15.1 Å². The predicted molar refractivity (Wildman–Crippen MR) is 89.6 cm³/mol. The van der Waals surface area contributed by atoms with Crippen molar-refractivity contribution in [2.45, 2.75) is 26.3 Å². The summed E-state index contributed by atoms with van der Waals surface area (Å²) in [4.78, 5) is 37.7. The number of halogens is 1. The highest BCUT2D eigenvalue weighted by atomic mass is 79.9. The quantitative estimate of drug-likeness (QED) is 0.765. The first-order valence-electron chi connectivity index (χ1n) is 7.41. The summed E-state index contributed by atoms with van der Waals surface area (Å²) in [6.07, 6.45) is 0. The minimum Gasteiger partial charge on any atom is -0.354 e. The van der Waals surface area contributed by atoms with E-state index >= 15 is 0 Å². The molecule has 1 aliphatic heterocycles. The van der Waals surface area contributed by atoms with E-state index in [0.29, 0.717) is 18.0 Å². The molecule has 2 N–H and O–H groups in total. The van der Waals surface area contributed by atoms with Crippen LogP contribution in [0.2, 0.25) is 0 Å². The molecule has 7 heteroatoms. The number of nitrogens with zero attached hydrogens (tertiary/aromatic N) is 1. The van der Waals surface area contributed by atoms with Crippen LogP contribution in [0.4, 0.5) is 4.79 Å². The zero-order valence-electron chi connectivity index (χ0n) is 13.4. The molecule has 1 aromatic carbocycles. The smallest absolute Gasteiger partial charge is 0.325 e. The molecule has 6 nitrogen and oxygen atoms in total. The third-order valence-electron chi connectivity index (χ3n) is 3.69. The number of imide groups is 1. The summed E-state index contributed by atoms with van der Waals surface area (Å²) >= 11 is 3.36. The third-order valence-corrected chi connectivity index (χ3v) is 4.18. The van der Waals surface area contributed by atoms with Crippen LogP contribution < -0.4 is 10.6 Å². The molecule has 4 amide bonds. The zero-order chi connectivity index (χ0) is 17.2. The van der Waals surface area contributed by atoms with E-state index in [1.165, 1.54) is 0 Å². The molecule has 0 bridgehead atoms. The van der Waals surface area contributed by atoms with Gasteiger partial charge in [-0.15, -0.1) is 0 Å². The number of carbonyl (C=O) groups is 3. The van der Waals surface area contributed by atoms with E-state index < -0.39 is 17.5 Å². The maximum absolute atomic E-state index is 12.7. The molecule has 1 saturated heterocycles. The average molecular weight is 382 g/mol. The number of benzene rings is 1. The molecule has 0 spiro atoms. The van der Waals surface area contributed by atoms with Gasteiger partial charge in [0.25, 0.3) is 5.91 Å². The fourth-order valence-electron chi connectivity index (χ4n) is 2.35. The van der Waals surface area contributed by atoms with Crippen molar-refractivity contribution in [1.82, 2.24) is 15.5 Å². The molecule has 0 radical (unpaired) electrons. The van der Waals surface area contributed by atoms with E-state index in [0.717, 1.165) is 9.37 Å². The second-order valence-electron chi connectivity index (χ2n) is 6.15. The molecule has 0 saturated carbocycles. The average Bonchev–Trinajstić information content (AvgIpc) is 2.70. The topological polar surface area (TPSA) is 78.5 Å². The van der Waals surface area contributed by atoms with E-state index in [1.807, 2.05) is 19.9 Å². The fourth-order valence-corrected chi connectivity index (χ4v) is 2.75. The molecule has 0 aliphatic carbocycles. The lowest BCUT2D eigenvalue weighted by Crippen LogP contribution is -2.43. The molecular formula is C16H20BrN3O3. The normalized spacial score (nSPS) is 20.8. The molecule has 23 heavy (non-hydrogen) atoms. The molecule has 2 rings (SSSR count). The lowest BCUT2D eigenvalue weighted by molar-refractivity contribution is -0.134. The lowest BCUT2D eigenvalue weighted by atomic mass is 9.92. The Balaban J connectivity index is 2.15. The molecule has 1 aromatic rings. The molecule has 0 aromatic heterocycles. The zero-order valence-corrected chi connectivity index (χ0v) is 14.9. The molecule has 1 fully saturated rings. The first-order valence-corrected chi connectivity index (χ1v) is 8.20. The number of hydrogen-bond donors (Lipinski definition) is 2. The summed E-state index contributed by atoms with van der Waals surface area (Å²) < 4.78 is 0.811. The number of hydrogen-bond acceptors (Lipinski definition) is 3. The van der Waals surface area contributed by atoms with E-state index in [-0.39, 0.29) is 12.5 Å². The number of amides is 4. The number of nitrogens with one attached hydrogen (secondary N) is 2.